The molecule has 3 aromatic rings. The van der Waals surface area contributed by atoms with Crippen molar-refractivity contribution in [3.05, 3.63) is 107 Å². The van der Waals surface area contributed by atoms with E-state index in [1.165, 1.54) is 13.2 Å². The zero-order valence-electron chi connectivity index (χ0n) is 17.3. The predicted molar refractivity (Wildman–Crippen MR) is 114 cm³/mol. The number of hydrogen-bond acceptors (Lipinski definition) is 4. The van der Waals surface area contributed by atoms with Crippen molar-refractivity contribution < 1.29 is 27.9 Å². The van der Waals surface area contributed by atoms with Gasteiger partial charge < -0.3 is 10.1 Å². The molecular formula is C25H21F2NO4. The van der Waals surface area contributed by atoms with E-state index in [1.807, 2.05) is 6.07 Å². The minimum absolute atomic E-state index is 0.0813. The lowest BCUT2D eigenvalue weighted by molar-refractivity contribution is -0.145. The largest absolute Gasteiger partial charge is 0.467 e. The molecule has 0 aliphatic rings. The molecule has 1 amide bonds. The molecule has 0 aliphatic carbocycles. The number of carbonyl (C=O) groups is 3. The van der Waals surface area contributed by atoms with Gasteiger partial charge in [-0.3, -0.25) is 9.59 Å². The average molecular weight is 437 g/mol. The van der Waals surface area contributed by atoms with Crippen molar-refractivity contribution in [3.63, 3.8) is 0 Å². The fourth-order valence-electron chi connectivity index (χ4n) is 3.23. The average Bonchev–Trinajstić information content (AvgIpc) is 2.81. The van der Waals surface area contributed by atoms with Crippen LogP contribution in [0.2, 0.25) is 0 Å². The van der Waals surface area contributed by atoms with Crippen LogP contribution in [0.4, 0.5) is 8.78 Å². The molecule has 0 saturated heterocycles. The van der Waals surface area contributed by atoms with Crippen molar-refractivity contribution >= 4 is 17.7 Å². The summed E-state index contributed by atoms with van der Waals surface area (Å²) in [6.45, 7) is 0. The lowest BCUT2D eigenvalue weighted by Gasteiger charge is -2.17. The number of rotatable bonds is 8. The molecule has 32 heavy (non-hydrogen) atoms. The van der Waals surface area contributed by atoms with Crippen LogP contribution in [0.5, 0.6) is 0 Å². The number of benzene rings is 3. The van der Waals surface area contributed by atoms with Crippen LogP contribution in [0.25, 0.3) is 0 Å². The van der Waals surface area contributed by atoms with Gasteiger partial charge in [0.2, 0.25) is 5.91 Å². The van der Waals surface area contributed by atoms with Crippen molar-refractivity contribution in [3.8, 4) is 0 Å². The molecule has 0 aromatic heterocycles. The Morgan fingerprint density at radius 3 is 2.03 bits per heavy atom. The molecule has 0 unspecified atom stereocenters. The minimum Gasteiger partial charge on any atom is -0.467 e. The summed E-state index contributed by atoms with van der Waals surface area (Å²) in [5.41, 5.74) is 1.33. The molecule has 5 nitrogen and oxygen atoms in total. The van der Waals surface area contributed by atoms with E-state index in [1.54, 1.807) is 48.5 Å². The molecular weight excluding hydrogens is 416 g/mol. The Hall–Kier alpha value is -3.87. The first-order valence-electron chi connectivity index (χ1n) is 9.88. The van der Waals surface area contributed by atoms with E-state index >= 15 is 0 Å². The molecule has 7 heteroatoms. The van der Waals surface area contributed by atoms with Gasteiger partial charge in [-0.15, -0.1) is 0 Å². The van der Waals surface area contributed by atoms with Crippen molar-refractivity contribution in [2.24, 2.45) is 0 Å². The highest BCUT2D eigenvalue weighted by molar-refractivity contribution is 6.08. The standard InChI is InChI=1S/C25H21F2NO4/c1-32-25(31)22(28-23(29)15-19-20(26)8-5-9-21(19)27)14-16-10-12-18(13-11-16)24(30)17-6-3-2-4-7-17/h2-13,22H,14-15H2,1H3,(H,28,29)/t22-/m1/s1. The maximum absolute atomic E-state index is 13.8. The molecule has 1 atom stereocenters. The second-order valence-electron chi connectivity index (χ2n) is 7.12. The fraction of sp³-hybridized carbons (Fsp3) is 0.160. The molecule has 0 radical (unpaired) electrons. The highest BCUT2D eigenvalue weighted by Gasteiger charge is 2.23. The number of esters is 1. The van der Waals surface area contributed by atoms with E-state index < -0.39 is 36.0 Å². The molecule has 0 heterocycles. The first-order valence-corrected chi connectivity index (χ1v) is 9.88. The second-order valence-corrected chi connectivity index (χ2v) is 7.12. The topological polar surface area (TPSA) is 72.5 Å². The van der Waals surface area contributed by atoms with Gasteiger partial charge in [0.25, 0.3) is 0 Å². The number of methoxy groups -OCH3 is 1. The quantitative estimate of drug-likeness (QED) is 0.432. The van der Waals surface area contributed by atoms with Gasteiger partial charge in [0, 0.05) is 23.1 Å². The van der Waals surface area contributed by atoms with E-state index in [9.17, 15) is 23.2 Å². The molecule has 0 aliphatic heterocycles. The van der Waals surface area contributed by atoms with Gasteiger partial charge in [0.1, 0.15) is 17.7 Å². The summed E-state index contributed by atoms with van der Waals surface area (Å²) in [7, 11) is 1.18. The molecule has 0 bridgehead atoms. The van der Waals surface area contributed by atoms with Gasteiger partial charge >= 0.3 is 5.97 Å². The Bertz CT molecular complexity index is 1090. The third-order valence-corrected chi connectivity index (χ3v) is 4.91. The number of halogens is 2. The van der Waals surface area contributed by atoms with Crippen LogP contribution in [-0.4, -0.2) is 30.8 Å². The van der Waals surface area contributed by atoms with Crippen LogP contribution in [0, 0.1) is 11.6 Å². The molecule has 1 N–H and O–H groups in total. The number of carbonyl (C=O) groups excluding carboxylic acids is 3. The normalized spacial score (nSPS) is 11.5. The number of ether oxygens (including phenoxy) is 1. The van der Waals surface area contributed by atoms with Crippen LogP contribution in [-0.2, 0) is 27.2 Å². The molecule has 3 rings (SSSR count). The van der Waals surface area contributed by atoms with E-state index in [-0.39, 0.29) is 17.8 Å². The summed E-state index contributed by atoms with van der Waals surface area (Å²) in [6, 6.07) is 17.7. The molecule has 164 valence electrons. The summed E-state index contributed by atoms with van der Waals surface area (Å²) in [5.74, 6) is -3.24. The summed E-state index contributed by atoms with van der Waals surface area (Å²) in [6.07, 6.45) is -0.478. The molecule has 0 spiro atoms. The molecule has 3 aromatic carbocycles. The Labute approximate surface area is 184 Å². The van der Waals surface area contributed by atoms with Crippen LogP contribution < -0.4 is 5.32 Å². The van der Waals surface area contributed by atoms with Gasteiger partial charge in [-0.2, -0.15) is 0 Å². The van der Waals surface area contributed by atoms with Crippen molar-refractivity contribution in [1.29, 1.82) is 0 Å². The van der Waals surface area contributed by atoms with Gasteiger partial charge in [-0.05, 0) is 17.7 Å². The number of amides is 1. The van der Waals surface area contributed by atoms with Gasteiger partial charge in [0.05, 0.1) is 13.5 Å². The first-order chi connectivity index (χ1) is 15.4. The maximum atomic E-state index is 13.8. The predicted octanol–water partition coefficient (Wildman–Crippen LogP) is 3.64. The SMILES string of the molecule is COC(=O)[C@@H](Cc1ccc(C(=O)c2ccccc2)cc1)NC(=O)Cc1c(F)cccc1F. The first kappa shape index (κ1) is 22.8. The lowest BCUT2D eigenvalue weighted by Crippen LogP contribution is -2.43. The Kier molecular flexibility index (Phi) is 7.44. The Balaban J connectivity index is 1.70. The second kappa shape index (κ2) is 10.4. The number of ketones is 1. The monoisotopic (exact) mass is 437 g/mol. The zero-order chi connectivity index (χ0) is 23.1. The van der Waals surface area contributed by atoms with Crippen molar-refractivity contribution in [2.45, 2.75) is 18.9 Å². The lowest BCUT2D eigenvalue weighted by atomic mass is 9.99. The van der Waals surface area contributed by atoms with Crippen molar-refractivity contribution in [2.75, 3.05) is 7.11 Å². The third kappa shape index (κ3) is 5.63. The van der Waals surface area contributed by atoms with Crippen molar-refractivity contribution in [1.82, 2.24) is 5.32 Å². The Morgan fingerprint density at radius 2 is 1.44 bits per heavy atom. The molecule has 0 saturated carbocycles. The van der Waals surface area contributed by atoms with Crippen LogP contribution in [0.3, 0.4) is 0 Å². The van der Waals surface area contributed by atoms with Crippen LogP contribution in [0.1, 0.15) is 27.0 Å². The summed E-state index contributed by atoms with van der Waals surface area (Å²) in [5, 5.41) is 2.47. The van der Waals surface area contributed by atoms with Gasteiger partial charge in [-0.1, -0.05) is 60.7 Å². The third-order valence-electron chi connectivity index (χ3n) is 4.91. The van der Waals surface area contributed by atoms with Crippen LogP contribution in [0.15, 0.2) is 72.8 Å². The van der Waals surface area contributed by atoms with Gasteiger partial charge in [0.15, 0.2) is 5.78 Å². The molecule has 0 fully saturated rings. The van der Waals surface area contributed by atoms with Crippen LogP contribution >= 0.6 is 0 Å². The van der Waals surface area contributed by atoms with E-state index in [4.69, 9.17) is 4.74 Å². The van der Waals surface area contributed by atoms with E-state index in [0.29, 0.717) is 16.7 Å². The zero-order valence-corrected chi connectivity index (χ0v) is 17.3. The summed E-state index contributed by atoms with van der Waals surface area (Å²) in [4.78, 5) is 37.0. The maximum Gasteiger partial charge on any atom is 0.328 e. The highest BCUT2D eigenvalue weighted by atomic mass is 19.1. The van der Waals surface area contributed by atoms with E-state index in [2.05, 4.69) is 5.32 Å². The minimum atomic E-state index is -1.06. The van der Waals surface area contributed by atoms with E-state index in [0.717, 1.165) is 12.1 Å². The number of nitrogens with one attached hydrogen (secondary N) is 1. The highest BCUT2D eigenvalue weighted by Crippen LogP contribution is 2.15. The summed E-state index contributed by atoms with van der Waals surface area (Å²) >= 11 is 0. The Morgan fingerprint density at radius 1 is 0.844 bits per heavy atom. The number of hydrogen-bond donors (Lipinski definition) is 1. The smallest absolute Gasteiger partial charge is 0.328 e. The fourth-order valence-corrected chi connectivity index (χ4v) is 3.23. The van der Waals surface area contributed by atoms with Gasteiger partial charge in [-0.25, -0.2) is 13.6 Å². The summed E-state index contributed by atoms with van der Waals surface area (Å²) < 4.78 is 32.4.